The van der Waals surface area contributed by atoms with Gasteiger partial charge in [0.15, 0.2) is 0 Å². The molecular weight excluding hydrogens is 384 g/mol. The minimum atomic E-state index is -0.486. The molecule has 2 aliphatic rings. The van der Waals surface area contributed by atoms with Crippen molar-refractivity contribution in [2.45, 2.75) is 58.0 Å². The number of nitrogens with zero attached hydrogens (tertiary/aromatic N) is 2. The number of hydrogen-bond acceptors (Lipinski definition) is 4. The predicted octanol–water partition coefficient (Wildman–Crippen LogP) is 1.62. The normalized spacial score (nSPS) is 19.9. The van der Waals surface area contributed by atoms with E-state index in [4.69, 9.17) is 0 Å². The average Bonchev–Trinajstić information content (AvgIpc) is 3.22. The van der Waals surface area contributed by atoms with Crippen molar-refractivity contribution in [2.75, 3.05) is 13.1 Å². The highest BCUT2D eigenvalue weighted by molar-refractivity contribution is 5.97. The molecule has 1 unspecified atom stereocenters. The molecule has 8 nitrogen and oxygen atoms in total. The van der Waals surface area contributed by atoms with Crippen LogP contribution in [0.25, 0.3) is 10.9 Å². The second-order valence-electron chi connectivity index (χ2n) is 8.32. The van der Waals surface area contributed by atoms with Gasteiger partial charge in [0, 0.05) is 37.2 Å². The first-order chi connectivity index (χ1) is 14.5. The van der Waals surface area contributed by atoms with Crippen LogP contribution in [0.15, 0.2) is 27.8 Å². The molecule has 1 aromatic heterocycles. The third-order valence-corrected chi connectivity index (χ3v) is 6.35. The second-order valence-corrected chi connectivity index (χ2v) is 8.32. The van der Waals surface area contributed by atoms with Crippen LogP contribution in [-0.4, -0.2) is 45.4 Å². The Morgan fingerprint density at radius 1 is 1.13 bits per heavy atom. The molecule has 1 aliphatic heterocycles. The van der Waals surface area contributed by atoms with E-state index in [2.05, 4.69) is 10.3 Å². The van der Waals surface area contributed by atoms with Crippen molar-refractivity contribution >= 4 is 22.7 Å². The molecule has 0 spiro atoms. The van der Waals surface area contributed by atoms with E-state index in [0.717, 1.165) is 36.7 Å². The average molecular weight is 412 g/mol. The monoisotopic (exact) mass is 412 g/mol. The lowest BCUT2D eigenvalue weighted by Crippen LogP contribution is -2.40. The molecule has 8 heteroatoms. The molecule has 2 aromatic rings. The number of benzene rings is 1. The molecule has 2 N–H and O–H groups in total. The summed E-state index contributed by atoms with van der Waals surface area (Å²) in [4.78, 5) is 54.4. The summed E-state index contributed by atoms with van der Waals surface area (Å²) >= 11 is 0. The number of likely N-dealkylation sites (tertiary alicyclic amines) is 1. The zero-order chi connectivity index (χ0) is 21.3. The molecule has 1 aromatic carbocycles. The number of aromatic nitrogens is 2. The summed E-state index contributed by atoms with van der Waals surface area (Å²) in [7, 11) is 0. The molecule has 30 heavy (non-hydrogen) atoms. The van der Waals surface area contributed by atoms with Crippen LogP contribution < -0.4 is 16.6 Å². The maximum absolute atomic E-state index is 12.7. The molecule has 1 saturated heterocycles. The van der Waals surface area contributed by atoms with Gasteiger partial charge in [-0.1, -0.05) is 19.3 Å². The van der Waals surface area contributed by atoms with Crippen molar-refractivity contribution in [3.63, 3.8) is 0 Å². The number of carbonyl (C=O) groups excluding carboxylic acids is 2. The number of fused-ring (bicyclic) bond motifs is 1. The standard InChI is InChI=1S/C22H28N4O4/c1-2-26-21(29)17-9-8-15(12-18(17)24-22(26)30)19(27)23-16-10-11-25(13-16)20(28)14-6-4-3-5-7-14/h8-9,12,14,16H,2-7,10-11,13H2,1H3,(H,23,27)(H,24,30). The van der Waals surface area contributed by atoms with Gasteiger partial charge in [0.25, 0.3) is 11.5 Å². The van der Waals surface area contributed by atoms with Crippen molar-refractivity contribution in [3.05, 3.63) is 44.6 Å². The van der Waals surface area contributed by atoms with Gasteiger partial charge in [-0.25, -0.2) is 4.79 Å². The van der Waals surface area contributed by atoms with E-state index in [1.54, 1.807) is 19.1 Å². The Labute approximate surface area is 174 Å². The zero-order valence-corrected chi connectivity index (χ0v) is 17.3. The van der Waals surface area contributed by atoms with Crippen molar-refractivity contribution < 1.29 is 9.59 Å². The van der Waals surface area contributed by atoms with E-state index in [1.807, 2.05) is 4.90 Å². The summed E-state index contributed by atoms with van der Waals surface area (Å²) in [5.41, 5.74) is -0.122. The Kier molecular flexibility index (Phi) is 5.74. The number of rotatable bonds is 4. The van der Waals surface area contributed by atoms with E-state index in [9.17, 15) is 19.2 Å². The van der Waals surface area contributed by atoms with Crippen LogP contribution in [0.5, 0.6) is 0 Å². The molecule has 0 radical (unpaired) electrons. The fourth-order valence-electron chi connectivity index (χ4n) is 4.64. The Balaban J connectivity index is 1.44. The molecule has 2 amide bonds. The minimum absolute atomic E-state index is 0.0899. The molecule has 1 aliphatic carbocycles. The second kappa shape index (κ2) is 8.45. The van der Waals surface area contributed by atoms with Crippen LogP contribution in [0.1, 0.15) is 55.8 Å². The van der Waals surface area contributed by atoms with Crippen LogP contribution in [0.4, 0.5) is 0 Å². The van der Waals surface area contributed by atoms with E-state index in [1.165, 1.54) is 12.5 Å². The van der Waals surface area contributed by atoms with Crippen molar-refractivity contribution in [1.82, 2.24) is 19.8 Å². The van der Waals surface area contributed by atoms with Gasteiger partial charge >= 0.3 is 5.69 Å². The first-order valence-corrected chi connectivity index (χ1v) is 10.8. The lowest BCUT2D eigenvalue weighted by Gasteiger charge is -2.26. The van der Waals surface area contributed by atoms with Gasteiger partial charge in [-0.2, -0.15) is 0 Å². The molecular formula is C22H28N4O4. The van der Waals surface area contributed by atoms with Crippen LogP contribution in [0.2, 0.25) is 0 Å². The van der Waals surface area contributed by atoms with Gasteiger partial charge in [-0.15, -0.1) is 0 Å². The highest BCUT2D eigenvalue weighted by Gasteiger charge is 2.32. The van der Waals surface area contributed by atoms with Gasteiger partial charge in [0.2, 0.25) is 5.91 Å². The first-order valence-electron chi connectivity index (χ1n) is 10.8. The summed E-state index contributed by atoms with van der Waals surface area (Å²) < 4.78 is 1.12. The van der Waals surface area contributed by atoms with Gasteiger partial charge < -0.3 is 15.2 Å². The SMILES string of the molecule is CCn1c(=O)[nH]c2cc(C(=O)NC3CCN(C(=O)C4CCCCC4)C3)ccc2c1=O. The third-order valence-electron chi connectivity index (χ3n) is 6.35. The van der Waals surface area contributed by atoms with Crippen molar-refractivity contribution in [2.24, 2.45) is 5.92 Å². The Bertz CT molecular complexity index is 1080. The van der Waals surface area contributed by atoms with Crippen LogP contribution in [0, 0.1) is 5.92 Å². The minimum Gasteiger partial charge on any atom is -0.347 e. The van der Waals surface area contributed by atoms with Gasteiger partial charge in [-0.3, -0.25) is 19.0 Å². The lowest BCUT2D eigenvalue weighted by atomic mass is 9.88. The number of carbonyl (C=O) groups is 2. The predicted molar refractivity (Wildman–Crippen MR) is 114 cm³/mol. The number of amides is 2. The van der Waals surface area contributed by atoms with E-state index >= 15 is 0 Å². The fraction of sp³-hybridized carbons (Fsp3) is 0.545. The summed E-state index contributed by atoms with van der Waals surface area (Å²) in [5.74, 6) is 0.0917. The fourth-order valence-corrected chi connectivity index (χ4v) is 4.64. The molecule has 4 rings (SSSR count). The lowest BCUT2D eigenvalue weighted by molar-refractivity contribution is -0.135. The van der Waals surface area contributed by atoms with Crippen molar-refractivity contribution in [3.8, 4) is 0 Å². The summed E-state index contributed by atoms with van der Waals surface area (Å²) in [6.45, 7) is 3.22. The Morgan fingerprint density at radius 2 is 1.90 bits per heavy atom. The zero-order valence-electron chi connectivity index (χ0n) is 17.3. The molecule has 0 bridgehead atoms. The van der Waals surface area contributed by atoms with Crippen LogP contribution >= 0.6 is 0 Å². The summed E-state index contributed by atoms with van der Waals surface area (Å²) in [6.07, 6.45) is 6.14. The summed E-state index contributed by atoms with van der Waals surface area (Å²) in [6, 6.07) is 4.61. The van der Waals surface area contributed by atoms with Gasteiger partial charge in [0.05, 0.1) is 10.9 Å². The molecule has 1 atom stereocenters. The Morgan fingerprint density at radius 3 is 2.63 bits per heavy atom. The third kappa shape index (κ3) is 3.91. The maximum Gasteiger partial charge on any atom is 0.328 e. The Hall–Kier alpha value is -2.90. The van der Waals surface area contributed by atoms with E-state index < -0.39 is 5.69 Å². The topological polar surface area (TPSA) is 104 Å². The number of hydrogen-bond donors (Lipinski definition) is 2. The molecule has 160 valence electrons. The number of H-pyrrole nitrogens is 1. The van der Waals surface area contributed by atoms with E-state index in [-0.39, 0.29) is 35.9 Å². The quantitative estimate of drug-likeness (QED) is 0.796. The molecule has 2 heterocycles. The highest BCUT2D eigenvalue weighted by atomic mass is 16.2. The molecule has 2 fully saturated rings. The highest BCUT2D eigenvalue weighted by Crippen LogP contribution is 2.26. The maximum atomic E-state index is 12.7. The number of nitrogens with one attached hydrogen (secondary N) is 2. The van der Waals surface area contributed by atoms with E-state index in [0.29, 0.717) is 29.6 Å². The summed E-state index contributed by atoms with van der Waals surface area (Å²) in [5, 5.41) is 3.36. The smallest absolute Gasteiger partial charge is 0.328 e. The van der Waals surface area contributed by atoms with Crippen LogP contribution in [0.3, 0.4) is 0 Å². The number of aromatic amines is 1. The first kappa shape index (κ1) is 20.4. The largest absolute Gasteiger partial charge is 0.347 e. The van der Waals surface area contributed by atoms with Crippen LogP contribution in [-0.2, 0) is 11.3 Å². The van der Waals surface area contributed by atoms with Gasteiger partial charge in [-0.05, 0) is 44.4 Å². The van der Waals surface area contributed by atoms with Gasteiger partial charge in [0.1, 0.15) is 0 Å². The molecule has 1 saturated carbocycles. The van der Waals surface area contributed by atoms with Crippen molar-refractivity contribution in [1.29, 1.82) is 0 Å².